The third-order valence-corrected chi connectivity index (χ3v) is 6.88. The number of ether oxygens (including phenoxy) is 1. The molecule has 5 rings (SSSR count). The fourth-order valence-electron chi connectivity index (χ4n) is 4.26. The lowest BCUT2D eigenvalue weighted by atomic mass is 9.98. The summed E-state index contributed by atoms with van der Waals surface area (Å²) in [6.45, 7) is 7.56. The molecule has 182 valence electrons. The lowest BCUT2D eigenvalue weighted by molar-refractivity contribution is 0.00750. The van der Waals surface area contributed by atoms with Gasteiger partial charge < -0.3 is 19.9 Å². The van der Waals surface area contributed by atoms with Crippen LogP contribution >= 0.6 is 11.3 Å². The molecule has 0 spiro atoms. The summed E-state index contributed by atoms with van der Waals surface area (Å²) in [6.07, 6.45) is 0.825. The molecule has 2 aliphatic heterocycles. The van der Waals surface area contributed by atoms with Crippen molar-refractivity contribution in [1.82, 2.24) is 14.7 Å². The molecule has 9 nitrogen and oxygen atoms in total. The molecule has 1 aromatic carbocycles. The number of amides is 2. The van der Waals surface area contributed by atoms with Gasteiger partial charge in [-0.05, 0) is 57.0 Å². The molecule has 2 amide bonds. The molecular weight excluding hydrogens is 466 g/mol. The first-order valence-electron chi connectivity index (χ1n) is 11.5. The van der Waals surface area contributed by atoms with Crippen LogP contribution in [0.3, 0.4) is 0 Å². The number of carbonyl (C=O) groups is 3. The number of carbonyl (C=O) groups excluding carboxylic acids is 3. The fourth-order valence-corrected chi connectivity index (χ4v) is 5.02. The monoisotopic (exact) mass is 493 g/mol. The van der Waals surface area contributed by atoms with Crippen molar-refractivity contribution in [1.29, 1.82) is 0 Å². The Kier molecular flexibility index (Phi) is 5.63. The summed E-state index contributed by atoms with van der Waals surface area (Å²) in [5.74, 6) is 0.582. The molecule has 0 unspecified atom stereocenters. The minimum absolute atomic E-state index is 0.0533. The summed E-state index contributed by atoms with van der Waals surface area (Å²) in [7, 11) is 1.82. The van der Waals surface area contributed by atoms with Crippen LogP contribution in [0.25, 0.3) is 0 Å². The molecule has 0 saturated carbocycles. The van der Waals surface area contributed by atoms with E-state index in [4.69, 9.17) is 4.74 Å². The van der Waals surface area contributed by atoms with Crippen molar-refractivity contribution in [3.8, 4) is 0 Å². The third kappa shape index (κ3) is 4.53. The second-order valence-electron chi connectivity index (χ2n) is 9.74. The molecule has 2 aromatic heterocycles. The molecule has 0 bridgehead atoms. The number of rotatable bonds is 4. The van der Waals surface area contributed by atoms with Crippen molar-refractivity contribution >= 4 is 46.4 Å². The molecule has 3 aromatic rings. The van der Waals surface area contributed by atoms with Crippen LogP contribution in [-0.2, 0) is 17.7 Å². The average molecular weight is 494 g/mol. The second-order valence-corrected chi connectivity index (χ2v) is 10.6. The van der Waals surface area contributed by atoms with Crippen molar-refractivity contribution < 1.29 is 19.1 Å². The number of esters is 1. The maximum atomic E-state index is 12.8. The zero-order chi connectivity index (χ0) is 24.9. The van der Waals surface area contributed by atoms with E-state index in [2.05, 4.69) is 21.4 Å². The molecule has 2 aliphatic rings. The van der Waals surface area contributed by atoms with E-state index in [1.807, 2.05) is 29.9 Å². The van der Waals surface area contributed by atoms with Gasteiger partial charge in [-0.2, -0.15) is 5.10 Å². The van der Waals surface area contributed by atoms with Gasteiger partial charge >= 0.3 is 5.97 Å². The Morgan fingerprint density at radius 2 is 1.91 bits per heavy atom. The quantitative estimate of drug-likeness (QED) is 0.553. The van der Waals surface area contributed by atoms with Gasteiger partial charge in [0.15, 0.2) is 5.82 Å². The van der Waals surface area contributed by atoms with Crippen LogP contribution in [0.1, 0.15) is 56.7 Å². The van der Waals surface area contributed by atoms with Gasteiger partial charge in [0.05, 0.1) is 12.1 Å². The largest absolute Gasteiger partial charge is 0.456 e. The molecule has 35 heavy (non-hydrogen) atoms. The van der Waals surface area contributed by atoms with Gasteiger partial charge in [0, 0.05) is 42.8 Å². The van der Waals surface area contributed by atoms with Crippen LogP contribution in [-0.4, -0.2) is 58.2 Å². The topological polar surface area (TPSA) is 96.8 Å². The second kappa shape index (κ2) is 8.53. The normalized spacial score (nSPS) is 15.1. The van der Waals surface area contributed by atoms with Gasteiger partial charge in [0.1, 0.15) is 16.3 Å². The summed E-state index contributed by atoms with van der Waals surface area (Å²) in [5.41, 5.74) is 2.58. The van der Waals surface area contributed by atoms with Crippen molar-refractivity contribution in [2.24, 2.45) is 0 Å². The third-order valence-electron chi connectivity index (χ3n) is 5.97. The molecule has 1 N–H and O–H groups in total. The van der Waals surface area contributed by atoms with Crippen LogP contribution in [0.4, 0.5) is 17.3 Å². The van der Waals surface area contributed by atoms with E-state index in [-0.39, 0.29) is 11.8 Å². The molecule has 10 heteroatoms. The van der Waals surface area contributed by atoms with Gasteiger partial charge in [-0.25, -0.2) is 9.48 Å². The summed E-state index contributed by atoms with van der Waals surface area (Å²) < 4.78 is 7.23. The van der Waals surface area contributed by atoms with E-state index in [9.17, 15) is 14.4 Å². The Balaban J connectivity index is 1.30. The highest BCUT2D eigenvalue weighted by molar-refractivity contribution is 7.12. The highest BCUT2D eigenvalue weighted by Gasteiger charge is 2.27. The summed E-state index contributed by atoms with van der Waals surface area (Å²) in [5, 5.41) is 8.99. The van der Waals surface area contributed by atoms with E-state index < -0.39 is 11.6 Å². The number of aromatic nitrogens is 2. The van der Waals surface area contributed by atoms with Crippen LogP contribution in [0, 0.1) is 0 Å². The Labute approximate surface area is 207 Å². The van der Waals surface area contributed by atoms with E-state index in [1.54, 1.807) is 31.1 Å². The van der Waals surface area contributed by atoms with E-state index in [1.165, 1.54) is 17.4 Å². The van der Waals surface area contributed by atoms with Gasteiger partial charge in [-0.15, -0.1) is 11.3 Å². The van der Waals surface area contributed by atoms with Crippen LogP contribution < -0.4 is 10.2 Å². The van der Waals surface area contributed by atoms with Gasteiger partial charge in [0.25, 0.3) is 11.8 Å². The van der Waals surface area contributed by atoms with Crippen molar-refractivity contribution in [3.63, 3.8) is 0 Å². The summed E-state index contributed by atoms with van der Waals surface area (Å²) in [6, 6.07) is 9.30. The van der Waals surface area contributed by atoms with Crippen molar-refractivity contribution in [2.45, 2.75) is 39.3 Å². The highest BCUT2D eigenvalue weighted by Crippen LogP contribution is 2.34. The van der Waals surface area contributed by atoms with Crippen molar-refractivity contribution in [3.05, 3.63) is 57.3 Å². The van der Waals surface area contributed by atoms with Gasteiger partial charge in [-0.1, -0.05) is 0 Å². The van der Waals surface area contributed by atoms with E-state index >= 15 is 0 Å². The average Bonchev–Trinajstić information content (AvgIpc) is 3.51. The zero-order valence-corrected chi connectivity index (χ0v) is 20.9. The molecule has 0 atom stereocenters. The molecule has 0 aliphatic carbocycles. The summed E-state index contributed by atoms with van der Waals surface area (Å²) >= 11 is 1.17. The number of thiophene rings is 1. The van der Waals surface area contributed by atoms with E-state index in [0.717, 1.165) is 35.6 Å². The van der Waals surface area contributed by atoms with Crippen LogP contribution in [0.2, 0.25) is 0 Å². The van der Waals surface area contributed by atoms with Crippen molar-refractivity contribution in [2.75, 3.05) is 30.4 Å². The number of anilines is 3. The predicted molar refractivity (Wildman–Crippen MR) is 134 cm³/mol. The zero-order valence-electron chi connectivity index (χ0n) is 20.1. The first kappa shape index (κ1) is 23.1. The highest BCUT2D eigenvalue weighted by atomic mass is 32.1. The number of fused-ring (bicyclic) bond motifs is 2. The Morgan fingerprint density at radius 3 is 2.69 bits per heavy atom. The smallest absolute Gasteiger partial charge is 0.348 e. The SMILES string of the molecule is CN1CCc2cc(N3CCn4nc(NC(=O)c5csc(C(=O)OC(C)(C)C)c5)cc43)ccc2C1=O. The standard InChI is InChI=1S/C25H27N5O4S/c1-25(2,3)34-24(33)19-12-16(14-35-19)22(31)26-20-13-21-29(9-10-30(21)27-20)17-5-6-18-15(11-17)7-8-28(4)23(18)32/h5-6,11-14H,7-10H2,1-4H3,(H,26,27,31). The lowest BCUT2D eigenvalue weighted by Crippen LogP contribution is -2.34. The van der Waals surface area contributed by atoms with E-state index in [0.29, 0.717) is 29.3 Å². The van der Waals surface area contributed by atoms with Crippen LogP contribution in [0.15, 0.2) is 35.7 Å². The lowest BCUT2D eigenvalue weighted by Gasteiger charge is -2.26. The Morgan fingerprint density at radius 1 is 1.11 bits per heavy atom. The molecule has 4 heterocycles. The molecule has 0 saturated heterocycles. The number of likely N-dealkylation sites (N-methyl/N-ethyl adjacent to an activating group) is 1. The van der Waals surface area contributed by atoms with Gasteiger partial charge in [-0.3, -0.25) is 9.59 Å². The number of benzene rings is 1. The first-order valence-corrected chi connectivity index (χ1v) is 12.3. The maximum absolute atomic E-state index is 12.8. The Hall–Kier alpha value is -3.66. The molecular formula is C25H27N5O4S. The predicted octanol–water partition coefficient (Wildman–Crippen LogP) is 3.93. The number of nitrogens with zero attached hydrogens (tertiary/aromatic N) is 4. The molecule has 0 radical (unpaired) electrons. The minimum Gasteiger partial charge on any atom is -0.456 e. The molecule has 0 fully saturated rings. The summed E-state index contributed by atoms with van der Waals surface area (Å²) in [4.78, 5) is 41.7. The number of nitrogens with one attached hydrogen (secondary N) is 1. The minimum atomic E-state index is -0.601. The van der Waals surface area contributed by atoms with Crippen LogP contribution in [0.5, 0.6) is 0 Å². The number of hydrogen-bond acceptors (Lipinski definition) is 7. The number of hydrogen-bond donors (Lipinski definition) is 1. The Bertz CT molecular complexity index is 1340. The van der Waals surface area contributed by atoms with Gasteiger partial charge in [0.2, 0.25) is 0 Å². The maximum Gasteiger partial charge on any atom is 0.348 e. The first-order chi connectivity index (χ1) is 16.6. The fraction of sp³-hybridized carbons (Fsp3) is 0.360.